The number of nitrogens with one attached hydrogen (secondary N) is 2. The zero-order valence-corrected chi connectivity index (χ0v) is 13.0. The predicted octanol–water partition coefficient (Wildman–Crippen LogP) is 4.01. The molecule has 0 saturated heterocycles. The fourth-order valence-electron chi connectivity index (χ4n) is 1.44. The topological polar surface area (TPSA) is 63.0 Å². The molecule has 0 spiro atoms. The zero-order valence-electron chi connectivity index (χ0n) is 11.5. The number of rotatable bonds is 4. The SMILES string of the molecule is CC(C)(C)NCc1nnc(Nc2c(Cl)cccc2Cl)o1. The number of para-hydroxylation sites is 1. The van der Waals surface area contributed by atoms with Gasteiger partial charge < -0.3 is 15.1 Å². The summed E-state index contributed by atoms with van der Waals surface area (Å²) in [5.41, 5.74) is 0.531. The number of hydrogen-bond acceptors (Lipinski definition) is 5. The zero-order chi connectivity index (χ0) is 14.8. The molecule has 0 amide bonds. The van der Waals surface area contributed by atoms with E-state index in [9.17, 15) is 0 Å². The fourth-order valence-corrected chi connectivity index (χ4v) is 1.93. The lowest BCUT2D eigenvalue weighted by atomic mass is 10.1. The second-order valence-corrected chi connectivity index (χ2v) is 6.14. The summed E-state index contributed by atoms with van der Waals surface area (Å²) < 4.78 is 5.48. The van der Waals surface area contributed by atoms with Crippen LogP contribution in [0.2, 0.25) is 10.0 Å². The Morgan fingerprint density at radius 3 is 2.40 bits per heavy atom. The van der Waals surface area contributed by atoms with Crippen LogP contribution < -0.4 is 10.6 Å². The summed E-state index contributed by atoms with van der Waals surface area (Å²) in [6.07, 6.45) is 0. The van der Waals surface area contributed by atoms with Crippen molar-refractivity contribution >= 4 is 34.9 Å². The Hall–Kier alpha value is -1.30. The van der Waals surface area contributed by atoms with Crippen molar-refractivity contribution < 1.29 is 4.42 Å². The van der Waals surface area contributed by atoms with Crippen molar-refractivity contribution in [1.82, 2.24) is 15.5 Å². The first kappa shape index (κ1) is 15.1. The molecule has 5 nitrogen and oxygen atoms in total. The Bertz CT molecular complexity index is 572. The summed E-state index contributed by atoms with van der Waals surface area (Å²) in [4.78, 5) is 0. The standard InChI is InChI=1S/C13H16Cl2N4O/c1-13(2,3)16-7-10-18-19-12(20-10)17-11-8(14)5-4-6-9(11)15/h4-6,16H,7H2,1-3H3,(H,17,19). The smallest absolute Gasteiger partial charge is 0.320 e. The molecule has 7 heteroatoms. The van der Waals surface area contributed by atoms with Gasteiger partial charge in [0.05, 0.1) is 22.3 Å². The maximum absolute atomic E-state index is 6.06. The van der Waals surface area contributed by atoms with E-state index in [-0.39, 0.29) is 11.6 Å². The number of benzene rings is 1. The van der Waals surface area contributed by atoms with E-state index in [0.717, 1.165) is 0 Å². The molecule has 0 aliphatic rings. The summed E-state index contributed by atoms with van der Waals surface area (Å²) in [7, 11) is 0. The van der Waals surface area contributed by atoms with E-state index in [2.05, 4.69) is 41.6 Å². The minimum atomic E-state index is -0.0197. The number of nitrogens with zero attached hydrogens (tertiary/aromatic N) is 2. The molecule has 1 aromatic carbocycles. The van der Waals surface area contributed by atoms with Gasteiger partial charge in [0.2, 0.25) is 5.89 Å². The van der Waals surface area contributed by atoms with Gasteiger partial charge in [-0.15, -0.1) is 5.10 Å². The molecular formula is C13H16Cl2N4O. The quantitative estimate of drug-likeness (QED) is 0.892. The Kier molecular flexibility index (Phi) is 4.52. The van der Waals surface area contributed by atoms with Crippen LogP contribution in [0.4, 0.5) is 11.7 Å². The largest absolute Gasteiger partial charge is 0.406 e. The molecule has 2 N–H and O–H groups in total. The monoisotopic (exact) mass is 314 g/mol. The lowest BCUT2D eigenvalue weighted by Gasteiger charge is -2.18. The second kappa shape index (κ2) is 5.99. The molecule has 0 saturated carbocycles. The molecule has 0 bridgehead atoms. The molecule has 0 radical (unpaired) electrons. The normalized spacial score (nSPS) is 11.7. The van der Waals surface area contributed by atoms with Crippen molar-refractivity contribution in [2.45, 2.75) is 32.9 Å². The van der Waals surface area contributed by atoms with Crippen LogP contribution in [0, 0.1) is 0 Å². The van der Waals surface area contributed by atoms with E-state index in [1.807, 2.05) is 0 Å². The van der Waals surface area contributed by atoms with Crippen LogP contribution in [-0.2, 0) is 6.54 Å². The lowest BCUT2D eigenvalue weighted by Crippen LogP contribution is -2.35. The second-order valence-electron chi connectivity index (χ2n) is 5.33. The van der Waals surface area contributed by atoms with Crippen LogP contribution in [-0.4, -0.2) is 15.7 Å². The van der Waals surface area contributed by atoms with Gasteiger partial charge in [-0.2, -0.15) is 0 Å². The molecule has 0 aliphatic heterocycles. The Balaban J connectivity index is 2.06. The minimum absolute atomic E-state index is 0.0197. The first-order chi connectivity index (χ1) is 9.35. The predicted molar refractivity (Wildman–Crippen MR) is 80.6 cm³/mol. The van der Waals surface area contributed by atoms with E-state index in [0.29, 0.717) is 28.2 Å². The van der Waals surface area contributed by atoms with Gasteiger partial charge in [0.1, 0.15) is 0 Å². The van der Waals surface area contributed by atoms with Crippen molar-refractivity contribution in [1.29, 1.82) is 0 Å². The first-order valence-electron chi connectivity index (χ1n) is 6.13. The summed E-state index contributed by atoms with van der Waals surface area (Å²) >= 11 is 12.1. The first-order valence-corrected chi connectivity index (χ1v) is 6.89. The molecule has 0 atom stereocenters. The summed E-state index contributed by atoms with van der Waals surface area (Å²) in [6.45, 7) is 6.68. The number of aromatic nitrogens is 2. The third-order valence-corrected chi connectivity index (χ3v) is 3.06. The summed E-state index contributed by atoms with van der Waals surface area (Å²) in [5, 5.41) is 15.0. The number of anilines is 2. The Labute approximate surface area is 127 Å². The van der Waals surface area contributed by atoms with Crippen molar-refractivity contribution in [2.24, 2.45) is 0 Å². The highest BCUT2D eigenvalue weighted by molar-refractivity contribution is 6.39. The highest BCUT2D eigenvalue weighted by Crippen LogP contribution is 2.32. The van der Waals surface area contributed by atoms with E-state index in [1.165, 1.54) is 0 Å². The molecule has 0 unspecified atom stereocenters. The van der Waals surface area contributed by atoms with Gasteiger partial charge in [-0.05, 0) is 32.9 Å². The van der Waals surface area contributed by atoms with Crippen molar-refractivity contribution in [3.05, 3.63) is 34.1 Å². The molecule has 108 valence electrons. The van der Waals surface area contributed by atoms with Crippen molar-refractivity contribution in [2.75, 3.05) is 5.32 Å². The van der Waals surface area contributed by atoms with Crippen LogP contribution in [0.25, 0.3) is 0 Å². The van der Waals surface area contributed by atoms with Gasteiger partial charge in [-0.25, -0.2) is 0 Å². The highest BCUT2D eigenvalue weighted by atomic mass is 35.5. The van der Waals surface area contributed by atoms with Crippen LogP contribution in [0.15, 0.2) is 22.6 Å². The third kappa shape index (κ3) is 4.10. The van der Waals surface area contributed by atoms with Gasteiger partial charge >= 0.3 is 6.01 Å². The maximum Gasteiger partial charge on any atom is 0.320 e. The van der Waals surface area contributed by atoms with E-state index in [1.54, 1.807) is 18.2 Å². The van der Waals surface area contributed by atoms with Gasteiger partial charge in [0.15, 0.2) is 0 Å². The highest BCUT2D eigenvalue weighted by Gasteiger charge is 2.13. The lowest BCUT2D eigenvalue weighted by molar-refractivity contribution is 0.384. The average Bonchev–Trinajstić information content (AvgIpc) is 2.79. The van der Waals surface area contributed by atoms with Crippen molar-refractivity contribution in [3.8, 4) is 0 Å². The van der Waals surface area contributed by atoms with E-state index in [4.69, 9.17) is 27.6 Å². The Morgan fingerprint density at radius 2 is 1.80 bits per heavy atom. The van der Waals surface area contributed by atoms with E-state index >= 15 is 0 Å². The van der Waals surface area contributed by atoms with Crippen LogP contribution in [0.5, 0.6) is 0 Å². The van der Waals surface area contributed by atoms with Gasteiger partial charge in [-0.1, -0.05) is 34.4 Å². The van der Waals surface area contributed by atoms with Crippen molar-refractivity contribution in [3.63, 3.8) is 0 Å². The number of halogens is 2. The van der Waals surface area contributed by atoms with E-state index < -0.39 is 0 Å². The molecule has 2 rings (SSSR count). The fraction of sp³-hybridized carbons (Fsp3) is 0.385. The minimum Gasteiger partial charge on any atom is -0.406 e. The average molecular weight is 315 g/mol. The summed E-state index contributed by atoms with van der Waals surface area (Å²) in [5.74, 6) is 0.491. The number of hydrogen-bond donors (Lipinski definition) is 2. The van der Waals surface area contributed by atoms with Gasteiger partial charge in [0, 0.05) is 5.54 Å². The molecule has 2 aromatic rings. The molecule has 20 heavy (non-hydrogen) atoms. The van der Waals surface area contributed by atoms with Crippen LogP contribution >= 0.6 is 23.2 Å². The molecule has 1 aromatic heterocycles. The molecule has 1 heterocycles. The molecule has 0 aliphatic carbocycles. The van der Waals surface area contributed by atoms with Gasteiger partial charge in [-0.3, -0.25) is 0 Å². The van der Waals surface area contributed by atoms with Gasteiger partial charge in [0.25, 0.3) is 0 Å². The third-order valence-electron chi connectivity index (χ3n) is 2.43. The molecule has 0 fully saturated rings. The molecular weight excluding hydrogens is 299 g/mol. The maximum atomic E-state index is 6.06. The van der Waals surface area contributed by atoms with Crippen LogP contribution in [0.1, 0.15) is 26.7 Å². The summed E-state index contributed by atoms with van der Waals surface area (Å²) in [6, 6.07) is 5.48. The Morgan fingerprint density at radius 1 is 1.15 bits per heavy atom. The van der Waals surface area contributed by atoms with Crippen LogP contribution in [0.3, 0.4) is 0 Å².